The van der Waals surface area contributed by atoms with E-state index in [0.717, 1.165) is 62.1 Å². The summed E-state index contributed by atoms with van der Waals surface area (Å²) in [6.45, 7) is 6.32. The summed E-state index contributed by atoms with van der Waals surface area (Å²) in [6.07, 6.45) is 0.237. The number of amides is 4. The summed E-state index contributed by atoms with van der Waals surface area (Å²) in [5.74, 6) is -2.40. The van der Waals surface area contributed by atoms with Crippen LogP contribution < -0.4 is 15.1 Å². The number of anilines is 2. The molecule has 0 aromatic heterocycles. The molecule has 1 atom stereocenters. The molecule has 0 aliphatic carbocycles. The van der Waals surface area contributed by atoms with Crippen molar-refractivity contribution in [3.05, 3.63) is 59.2 Å². The summed E-state index contributed by atoms with van der Waals surface area (Å²) in [7, 11) is 0. The van der Waals surface area contributed by atoms with Crippen molar-refractivity contribution in [3.63, 3.8) is 0 Å². The molecule has 11 nitrogen and oxygen atoms in total. The van der Waals surface area contributed by atoms with Gasteiger partial charge in [0.2, 0.25) is 11.8 Å². The fourth-order valence-electron chi connectivity index (χ4n) is 5.92. The SMILES string of the molecule is O=C1CCC(N2C(=O)c3ccc(N4CC(CN5CCN(c6ccc(C(=O)O)cc6)CC5)C4)cc3C2=O)C(=O)N1. The molecule has 4 aliphatic heterocycles. The molecule has 3 fully saturated rings. The van der Waals surface area contributed by atoms with E-state index >= 15 is 0 Å². The van der Waals surface area contributed by atoms with Gasteiger partial charge in [0.15, 0.2) is 0 Å². The lowest BCUT2D eigenvalue weighted by Crippen LogP contribution is -2.55. The molecule has 4 aliphatic rings. The van der Waals surface area contributed by atoms with Crippen LogP contribution in [0.2, 0.25) is 0 Å². The summed E-state index contributed by atoms with van der Waals surface area (Å²) in [4.78, 5) is 68.8. The number of piperazine rings is 1. The first kappa shape index (κ1) is 25.1. The van der Waals surface area contributed by atoms with Crippen molar-refractivity contribution in [2.75, 3.05) is 55.6 Å². The van der Waals surface area contributed by atoms with E-state index in [0.29, 0.717) is 17.0 Å². The number of nitrogens with one attached hydrogen (secondary N) is 1. The number of carboxylic acid groups (broad SMARTS) is 1. The van der Waals surface area contributed by atoms with Gasteiger partial charge in [0.25, 0.3) is 11.8 Å². The second-order valence-corrected chi connectivity index (χ2v) is 10.6. The van der Waals surface area contributed by atoms with Crippen molar-refractivity contribution >= 4 is 41.0 Å². The standard InChI is InChI=1S/C28H29N5O6/c34-24-8-7-23(25(35)29-24)33-26(36)21-6-5-20(13-22(21)27(33)37)32-15-17(16-32)14-30-9-11-31(12-10-30)19-3-1-18(2-4-19)28(38)39/h1-6,13,17,23H,7-12,14-16H2,(H,38,39)(H,29,34,35). The smallest absolute Gasteiger partial charge is 0.335 e. The Morgan fingerprint density at radius 1 is 0.846 bits per heavy atom. The number of aromatic carboxylic acids is 1. The maximum Gasteiger partial charge on any atom is 0.335 e. The van der Waals surface area contributed by atoms with Gasteiger partial charge in [-0.3, -0.25) is 34.3 Å². The molecular weight excluding hydrogens is 502 g/mol. The maximum absolute atomic E-state index is 13.1. The number of carbonyl (C=O) groups is 5. The Balaban J connectivity index is 1.02. The van der Waals surface area contributed by atoms with Crippen LogP contribution in [0.15, 0.2) is 42.5 Å². The van der Waals surface area contributed by atoms with E-state index in [1.807, 2.05) is 18.2 Å². The van der Waals surface area contributed by atoms with E-state index in [4.69, 9.17) is 5.11 Å². The lowest BCUT2D eigenvalue weighted by molar-refractivity contribution is -0.136. The first-order chi connectivity index (χ1) is 18.8. The van der Waals surface area contributed by atoms with Gasteiger partial charge in [-0.15, -0.1) is 0 Å². The van der Waals surface area contributed by atoms with E-state index in [-0.39, 0.29) is 18.4 Å². The van der Waals surface area contributed by atoms with Crippen molar-refractivity contribution in [1.82, 2.24) is 15.1 Å². The number of piperidine rings is 1. The predicted octanol–water partition coefficient (Wildman–Crippen LogP) is 1.04. The molecule has 0 saturated carbocycles. The zero-order chi connectivity index (χ0) is 27.3. The van der Waals surface area contributed by atoms with Gasteiger partial charge in [0.05, 0.1) is 16.7 Å². The molecule has 1 unspecified atom stereocenters. The molecule has 11 heteroatoms. The third kappa shape index (κ3) is 4.63. The van der Waals surface area contributed by atoms with Crippen molar-refractivity contribution in [1.29, 1.82) is 0 Å². The Kier molecular flexibility index (Phi) is 6.30. The highest BCUT2D eigenvalue weighted by Gasteiger charge is 2.45. The van der Waals surface area contributed by atoms with Gasteiger partial charge < -0.3 is 14.9 Å². The van der Waals surface area contributed by atoms with Gasteiger partial charge in [-0.2, -0.15) is 0 Å². The zero-order valence-corrected chi connectivity index (χ0v) is 21.3. The molecule has 0 spiro atoms. The van der Waals surface area contributed by atoms with E-state index in [1.165, 1.54) is 0 Å². The Bertz CT molecular complexity index is 1360. The van der Waals surface area contributed by atoms with Crippen LogP contribution in [-0.2, 0) is 9.59 Å². The predicted molar refractivity (Wildman–Crippen MR) is 141 cm³/mol. The molecule has 4 amide bonds. The number of carbonyl (C=O) groups excluding carboxylic acids is 4. The van der Waals surface area contributed by atoms with E-state index in [9.17, 15) is 24.0 Å². The Labute approximate surface area is 224 Å². The molecule has 2 aromatic carbocycles. The number of nitrogens with zero attached hydrogens (tertiary/aromatic N) is 4. The highest BCUT2D eigenvalue weighted by molar-refractivity contribution is 6.23. The monoisotopic (exact) mass is 531 g/mol. The number of fused-ring (bicyclic) bond motifs is 1. The van der Waals surface area contributed by atoms with Crippen molar-refractivity contribution < 1.29 is 29.1 Å². The van der Waals surface area contributed by atoms with Crippen LogP contribution >= 0.6 is 0 Å². The molecule has 2 N–H and O–H groups in total. The minimum atomic E-state index is -0.962. The maximum atomic E-state index is 13.1. The van der Waals surface area contributed by atoms with Crippen LogP contribution in [-0.4, -0.2) is 96.4 Å². The quantitative estimate of drug-likeness (QED) is 0.525. The Hall–Kier alpha value is -4.25. The number of imide groups is 2. The summed E-state index contributed by atoms with van der Waals surface area (Å²) >= 11 is 0. The Morgan fingerprint density at radius 2 is 1.51 bits per heavy atom. The topological polar surface area (TPSA) is 131 Å². The van der Waals surface area contributed by atoms with Gasteiger partial charge >= 0.3 is 5.97 Å². The molecule has 202 valence electrons. The second kappa shape index (κ2) is 9.81. The van der Waals surface area contributed by atoms with E-state index < -0.39 is 35.6 Å². The van der Waals surface area contributed by atoms with Crippen LogP contribution in [0.4, 0.5) is 11.4 Å². The number of hydrogen-bond acceptors (Lipinski definition) is 8. The average Bonchev–Trinajstić information content (AvgIpc) is 3.15. The Morgan fingerprint density at radius 3 is 2.18 bits per heavy atom. The van der Waals surface area contributed by atoms with Gasteiger partial charge in [0.1, 0.15) is 6.04 Å². The lowest BCUT2D eigenvalue weighted by atomic mass is 9.97. The van der Waals surface area contributed by atoms with Crippen molar-refractivity contribution in [3.8, 4) is 0 Å². The summed E-state index contributed by atoms with van der Waals surface area (Å²) in [5, 5.41) is 11.3. The molecule has 4 heterocycles. The average molecular weight is 532 g/mol. The molecule has 3 saturated heterocycles. The minimum absolute atomic E-state index is 0.0964. The third-order valence-corrected chi connectivity index (χ3v) is 8.11. The molecule has 2 aromatic rings. The van der Waals surface area contributed by atoms with Gasteiger partial charge in [-0.05, 0) is 48.9 Å². The van der Waals surface area contributed by atoms with Crippen LogP contribution in [0.1, 0.15) is 43.9 Å². The normalized spacial score (nSPS) is 22.2. The first-order valence-corrected chi connectivity index (χ1v) is 13.2. The number of rotatable bonds is 6. The van der Waals surface area contributed by atoms with Crippen molar-refractivity contribution in [2.45, 2.75) is 18.9 Å². The zero-order valence-electron chi connectivity index (χ0n) is 21.3. The van der Waals surface area contributed by atoms with Crippen molar-refractivity contribution in [2.24, 2.45) is 5.92 Å². The third-order valence-electron chi connectivity index (χ3n) is 8.11. The molecule has 39 heavy (non-hydrogen) atoms. The summed E-state index contributed by atoms with van der Waals surface area (Å²) in [5.41, 5.74) is 2.80. The minimum Gasteiger partial charge on any atom is -0.478 e. The fourth-order valence-corrected chi connectivity index (χ4v) is 5.92. The van der Waals surface area contributed by atoms with Crippen LogP contribution in [0.3, 0.4) is 0 Å². The number of carboxylic acids is 1. The van der Waals surface area contributed by atoms with Crippen LogP contribution in [0, 0.1) is 5.92 Å². The summed E-state index contributed by atoms with van der Waals surface area (Å²) in [6, 6.07) is 11.3. The number of benzene rings is 2. The van der Waals surface area contributed by atoms with Gasteiger partial charge in [-0.25, -0.2) is 4.79 Å². The number of hydrogen-bond donors (Lipinski definition) is 2. The molecular formula is C28H29N5O6. The first-order valence-electron chi connectivity index (χ1n) is 13.2. The van der Waals surface area contributed by atoms with E-state index in [1.54, 1.807) is 24.3 Å². The molecule has 0 bridgehead atoms. The van der Waals surface area contributed by atoms with Gasteiger partial charge in [0, 0.05) is 69.5 Å². The van der Waals surface area contributed by atoms with Crippen LogP contribution in [0.5, 0.6) is 0 Å². The second-order valence-electron chi connectivity index (χ2n) is 10.6. The molecule has 0 radical (unpaired) electrons. The fraction of sp³-hybridized carbons (Fsp3) is 0.393. The molecule has 6 rings (SSSR count). The van der Waals surface area contributed by atoms with Crippen LogP contribution in [0.25, 0.3) is 0 Å². The van der Waals surface area contributed by atoms with Gasteiger partial charge in [-0.1, -0.05) is 0 Å². The summed E-state index contributed by atoms with van der Waals surface area (Å²) < 4.78 is 0. The lowest BCUT2D eigenvalue weighted by Gasteiger charge is -2.45. The van der Waals surface area contributed by atoms with E-state index in [2.05, 4.69) is 20.0 Å². The highest BCUT2D eigenvalue weighted by atomic mass is 16.4. The largest absolute Gasteiger partial charge is 0.478 e. The highest BCUT2D eigenvalue weighted by Crippen LogP contribution is 2.33.